The fraction of sp³-hybridized carbons (Fsp3) is 0.250. The molecule has 1 heterocycles. The Hall–Kier alpha value is -1.98. The number of rotatable bonds is 9. The quantitative estimate of drug-likeness (QED) is 0.429. The molecule has 0 saturated heterocycles. The summed E-state index contributed by atoms with van der Waals surface area (Å²) in [5.74, 6) is 0.234. The minimum Gasteiger partial charge on any atom is -0.297 e. The summed E-state index contributed by atoms with van der Waals surface area (Å²) in [4.78, 5) is 16.9. The number of amides is 1. The molecule has 0 bridgehead atoms. The summed E-state index contributed by atoms with van der Waals surface area (Å²) in [5.41, 5.74) is 1.32. The molecule has 1 amide bonds. The van der Waals surface area contributed by atoms with E-state index in [1.54, 1.807) is 13.8 Å². The van der Waals surface area contributed by atoms with Crippen LogP contribution in [-0.4, -0.2) is 41.1 Å². The predicted octanol–water partition coefficient (Wildman–Crippen LogP) is 4.77. The molecular weight excluding hydrogens is 476 g/mol. The maximum Gasteiger partial charge on any atom is 0.257 e. The lowest BCUT2D eigenvalue weighted by Crippen LogP contribution is -2.31. The fourth-order valence-electron chi connectivity index (χ4n) is 2.76. The standard InChI is InChI=1S/C20H21ClN4O3S3/c1-3-25(4-2)31(27,28)17-12-15(10-11-16(17)21)18(26)22-19-23-20(24-30-19)29-13-14-8-6-5-7-9-14/h5-12H,3-4,13H2,1-2H3,(H,22,23,24,26). The van der Waals surface area contributed by atoms with E-state index in [9.17, 15) is 13.2 Å². The SMILES string of the molecule is CCN(CC)S(=O)(=O)c1cc(C(=O)Nc2nc(SCc3ccccc3)ns2)ccc1Cl. The summed E-state index contributed by atoms with van der Waals surface area (Å²) in [6.07, 6.45) is 0. The molecule has 0 unspecified atom stereocenters. The summed E-state index contributed by atoms with van der Waals surface area (Å²) < 4.78 is 31.2. The van der Waals surface area contributed by atoms with E-state index in [1.807, 2.05) is 30.3 Å². The van der Waals surface area contributed by atoms with Crippen LogP contribution in [0.15, 0.2) is 58.6 Å². The van der Waals surface area contributed by atoms with Gasteiger partial charge in [0.15, 0.2) is 0 Å². The molecule has 0 radical (unpaired) electrons. The van der Waals surface area contributed by atoms with Gasteiger partial charge in [0.25, 0.3) is 5.91 Å². The Bertz CT molecular complexity index is 1150. The van der Waals surface area contributed by atoms with Crippen molar-refractivity contribution in [2.24, 2.45) is 0 Å². The summed E-state index contributed by atoms with van der Waals surface area (Å²) >= 11 is 8.67. The van der Waals surface area contributed by atoms with Crippen molar-refractivity contribution < 1.29 is 13.2 Å². The van der Waals surface area contributed by atoms with Crippen molar-refractivity contribution in [3.05, 3.63) is 64.7 Å². The first-order valence-corrected chi connectivity index (χ1v) is 13.0. The predicted molar refractivity (Wildman–Crippen MR) is 125 cm³/mol. The number of carbonyl (C=O) groups excluding carboxylic acids is 1. The van der Waals surface area contributed by atoms with Gasteiger partial charge in [-0.2, -0.15) is 13.7 Å². The number of carbonyl (C=O) groups is 1. The highest BCUT2D eigenvalue weighted by Gasteiger charge is 2.25. The van der Waals surface area contributed by atoms with E-state index in [0.717, 1.165) is 17.1 Å². The van der Waals surface area contributed by atoms with Crippen LogP contribution >= 0.6 is 34.9 Å². The largest absolute Gasteiger partial charge is 0.297 e. The minimum absolute atomic E-state index is 0.0685. The van der Waals surface area contributed by atoms with Crippen LogP contribution < -0.4 is 5.32 Å². The number of benzene rings is 2. The third-order valence-corrected chi connectivity index (χ3v) is 8.55. The summed E-state index contributed by atoms with van der Waals surface area (Å²) in [6, 6.07) is 14.1. The lowest BCUT2D eigenvalue weighted by molar-refractivity contribution is 0.102. The van der Waals surface area contributed by atoms with Crippen molar-refractivity contribution in [3.8, 4) is 0 Å². The van der Waals surface area contributed by atoms with E-state index in [2.05, 4.69) is 14.7 Å². The van der Waals surface area contributed by atoms with E-state index in [1.165, 1.54) is 34.3 Å². The Labute approximate surface area is 195 Å². The molecule has 31 heavy (non-hydrogen) atoms. The van der Waals surface area contributed by atoms with Crippen LogP contribution in [0.1, 0.15) is 29.8 Å². The minimum atomic E-state index is -3.80. The molecule has 3 aromatic rings. The number of thioether (sulfide) groups is 1. The molecule has 164 valence electrons. The smallest absolute Gasteiger partial charge is 0.257 e. The van der Waals surface area contributed by atoms with Crippen molar-refractivity contribution in [1.29, 1.82) is 0 Å². The first-order chi connectivity index (χ1) is 14.8. The molecule has 1 N–H and O–H groups in total. The zero-order chi connectivity index (χ0) is 22.4. The maximum absolute atomic E-state index is 12.8. The molecule has 11 heteroatoms. The van der Waals surface area contributed by atoms with Gasteiger partial charge in [0.1, 0.15) is 4.90 Å². The molecule has 0 atom stereocenters. The average Bonchev–Trinajstić information content (AvgIpc) is 3.21. The second kappa shape index (κ2) is 10.6. The van der Waals surface area contributed by atoms with E-state index in [-0.39, 0.29) is 15.5 Å². The molecule has 1 aromatic heterocycles. The van der Waals surface area contributed by atoms with Crippen LogP contribution in [0.4, 0.5) is 5.13 Å². The van der Waals surface area contributed by atoms with Gasteiger partial charge in [0, 0.05) is 35.9 Å². The van der Waals surface area contributed by atoms with Crippen molar-refractivity contribution in [2.75, 3.05) is 18.4 Å². The topological polar surface area (TPSA) is 92.3 Å². The Morgan fingerprint density at radius 1 is 1.16 bits per heavy atom. The lowest BCUT2D eigenvalue weighted by atomic mass is 10.2. The van der Waals surface area contributed by atoms with Crippen LogP contribution in [0.25, 0.3) is 0 Å². The number of anilines is 1. The van der Waals surface area contributed by atoms with E-state index in [4.69, 9.17) is 11.6 Å². The number of sulfonamides is 1. The van der Waals surface area contributed by atoms with Gasteiger partial charge in [-0.3, -0.25) is 10.1 Å². The molecule has 0 aliphatic carbocycles. The van der Waals surface area contributed by atoms with Gasteiger partial charge >= 0.3 is 0 Å². The van der Waals surface area contributed by atoms with Crippen LogP contribution in [0.2, 0.25) is 5.02 Å². The number of hydrogen-bond acceptors (Lipinski definition) is 7. The molecule has 0 aliphatic heterocycles. The van der Waals surface area contributed by atoms with E-state index in [0.29, 0.717) is 29.1 Å². The number of halogens is 1. The Morgan fingerprint density at radius 2 is 1.87 bits per heavy atom. The first-order valence-electron chi connectivity index (χ1n) is 9.46. The molecule has 2 aromatic carbocycles. The Morgan fingerprint density at radius 3 is 2.55 bits per heavy atom. The third kappa shape index (κ3) is 5.83. The zero-order valence-corrected chi connectivity index (χ0v) is 20.1. The van der Waals surface area contributed by atoms with Crippen LogP contribution in [-0.2, 0) is 15.8 Å². The Balaban J connectivity index is 1.72. The highest BCUT2D eigenvalue weighted by Crippen LogP contribution is 2.27. The van der Waals surface area contributed by atoms with Gasteiger partial charge in [0.2, 0.25) is 20.3 Å². The second-order valence-corrected chi connectivity index (χ2v) is 10.4. The molecule has 3 rings (SSSR count). The summed E-state index contributed by atoms with van der Waals surface area (Å²) in [5, 5.41) is 3.64. The van der Waals surface area contributed by atoms with Crippen molar-refractivity contribution in [2.45, 2.75) is 29.7 Å². The molecule has 0 saturated carbocycles. The second-order valence-electron chi connectivity index (χ2n) is 6.35. The maximum atomic E-state index is 12.8. The number of hydrogen-bond donors (Lipinski definition) is 1. The van der Waals surface area contributed by atoms with Crippen molar-refractivity contribution >= 4 is 56.0 Å². The van der Waals surface area contributed by atoms with E-state index >= 15 is 0 Å². The van der Waals surface area contributed by atoms with Crippen LogP contribution in [0.3, 0.4) is 0 Å². The zero-order valence-electron chi connectivity index (χ0n) is 16.9. The monoisotopic (exact) mass is 496 g/mol. The lowest BCUT2D eigenvalue weighted by Gasteiger charge is -2.19. The van der Waals surface area contributed by atoms with Gasteiger partial charge in [-0.25, -0.2) is 8.42 Å². The number of aromatic nitrogens is 2. The summed E-state index contributed by atoms with van der Waals surface area (Å²) in [6.45, 7) is 4.10. The number of nitrogens with zero attached hydrogens (tertiary/aromatic N) is 3. The van der Waals surface area contributed by atoms with Gasteiger partial charge in [0.05, 0.1) is 5.02 Å². The fourth-order valence-corrected chi connectivity index (χ4v) is 6.21. The highest BCUT2D eigenvalue weighted by atomic mass is 35.5. The molecule has 0 spiro atoms. The molecule has 0 fully saturated rings. The molecule has 0 aliphatic rings. The highest BCUT2D eigenvalue weighted by molar-refractivity contribution is 7.98. The average molecular weight is 497 g/mol. The third-order valence-electron chi connectivity index (χ3n) is 4.36. The van der Waals surface area contributed by atoms with Gasteiger partial charge < -0.3 is 0 Å². The van der Waals surface area contributed by atoms with Gasteiger partial charge in [-0.15, -0.1) is 0 Å². The van der Waals surface area contributed by atoms with Crippen LogP contribution in [0, 0.1) is 0 Å². The first kappa shape index (κ1) is 23.7. The van der Waals surface area contributed by atoms with Crippen molar-refractivity contribution in [3.63, 3.8) is 0 Å². The van der Waals surface area contributed by atoms with E-state index < -0.39 is 15.9 Å². The Kier molecular flexibility index (Phi) is 8.06. The summed E-state index contributed by atoms with van der Waals surface area (Å²) in [7, 11) is -3.80. The molecular formula is C20H21ClN4O3S3. The number of nitrogens with one attached hydrogen (secondary N) is 1. The van der Waals surface area contributed by atoms with Gasteiger partial charge in [-0.05, 0) is 23.8 Å². The van der Waals surface area contributed by atoms with Gasteiger partial charge in [-0.1, -0.05) is 67.5 Å². The molecule has 7 nitrogen and oxygen atoms in total. The van der Waals surface area contributed by atoms with Crippen molar-refractivity contribution in [1.82, 2.24) is 13.7 Å². The normalized spacial score (nSPS) is 11.6. The van der Waals surface area contributed by atoms with Crippen LogP contribution in [0.5, 0.6) is 0 Å².